The van der Waals surface area contributed by atoms with Crippen molar-refractivity contribution in [2.75, 3.05) is 32.6 Å². The monoisotopic (exact) mass is 341 g/mol. The average molecular weight is 341 g/mol. The molecule has 5 heteroatoms. The third-order valence-corrected chi connectivity index (χ3v) is 3.84. The lowest BCUT2D eigenvalue weighted by Gasteiger charge is -2.16. The highest BCUT2D eigenvalue weighted by Crippen LogP contribution is 2.26. The summed E-state index contributed by atoms with van der Waals surface area (Å²) in [5.74, 6) is 0.557. The van der Waals surface area contributed by atoms with E-state index in [4.69, 9.17) is 10.5 Å². The number of nitrogens with zero attached hydrogens (tertiary/aromatic N) is 1. The molecular formula is C20H27N3O2. The molecule has 3 N–H and O–H groups in total. The summed E-state index contributed by atoms with van der Waals surface area (Å²) in [5, 5.41) is 2.92. The molecule has 0 fully saturated rings. The first-order valence-electron chi connectivity index (χ1n) is 8.44. The van der Waals surface area contributed by atoms with E-state index < -0.39 is 0 Å². The standard InChI is InChI=1S/C20H27N3O2/c1-15-9-10-18(19(13-15)25-12-11-23(2)3)22-20(24)14-17(21)16-7-5-4-6-8-16/h4-10,13,17H,11-12,14,21H2,1-3H3,(H,22,24). The zero-order chi connectivity index (χ0) is 18.2. The number of likely N-dealkylation sites (N-methyl/N-ethyl adjacent to an activating group) is 1. The molecule has 0 bridgehead atoms. The third-order valence-electron chi connectivity index (χ3n) is 3.84. The van der Waals surface area contributed by atoms with Gasteiger partial charge in [0, 0.05) is 19.0 Å². The highest BCUT2D eigenvalue weighted by Gasteiger charge is 2.14. The first kappa shape index (κ1) is 19.0. The zero-order valence-corrected chi connectivity index (χ0v) is 15.2. The first-order valence-corrected chi connectivity index (χ1v) is 8.44. The van der Waals surface area contributed by atoms with Crippen LogP contribution in [0, 0.1) is 6.92 Å². The Hall–Kier alpha value is -2.37. The van der Waals surface area contributed by atoms with Crippen molar-refractivity contribution < 1.29 is 9.53 Å². The maximum absolute atomic E-state index is 12.4. The number of carbonyl (C=O) groups excluding carboxylic acids is 1. The Bertz CT molecular complexity index is 687. The van der Waals surface area contributed by atoms with Crippen LogP contribution in [-0.4, -0.2) is 38.1 Å². The van der Waals surface area contributed by atoms with Crippen molar-refractivity contribution in [3.05, 3.63) is 59.7 Å². The molecule has 0 aliphatic rings. The van der Waals surface area contributed by atoms with E-state index in [1.807, 2.05) is 74.4 Å². The molecule has 2 aromatic rings. The molecule has 0 aromatic heterocycles. The number of anilines is 1. The Morgan fingerprint density at radius 2 is 1.92 bits per heavy atom. The molecule has 0 heterocycles. The Kier molecular flexibility index (Phi) is 6.98. The fourth-order valence-electron chi connectivity index (χ4n) is 2.41. The molecule has 0 saturated carbocycles. The molecule has 0 saturated heterocycles. The van der Waals surface area contributed by atoms with E-state index in [-0.39, 0.29) is 18.4 Å². The number of amides is 1. The summed E-state index contributed by atoms with van der Waals surface area (Å²) in [6.07, 6.45) is 0.217. The first-order chi connectivity index (χ1) is 12.0. The van der Waals surface area contributed by atoms with Gasteiger partial charge in [0.05, 0.1) is 5.69 Å². The van der Waals surface area contributed by atoms with Crippen molar-refractivity contribution in [2.24, 2.45) is 5.73 Å². The molecule has 25 heavy (non-hydrogen) atoms. The summed E-state index contributed by atoms with van der Waals surface area (Å²) in [6.45, 7) is 3.36. The molecule has 2 rings (SSSR count). The van der Waals surface area contributed by atoms with E-state index >= 15 is 0 Å². The molecule has 1 atom stereocenters. The number of carbonyl (C=O) groups is 1. The summed E-state index contributed by atoms with van der Waals surface area (Å²) >= 11 is 0. The maximum Gasteiger partial charge on any atom is 0.226 e. The normalized spacial score (nSPS) is 12.0. The molecule has 5 nitrogen and oxygen atoms in total. The number of nitrogens with two attached hydrogens (primary N) is 1. The van der Waals surface area contributed by atoms with E-state index in [2.05, 4.69) is 5.32 Å². The summed E-state index contributed by atoms with van der Waals surface area (Å²) < 4.78 is 5.83. The van der Waals surface area contributed by atoms with Crippen LogP contribution >= 0.6 is 0 Å². The minimum absolute atomic E-state index is 0.127. The number of nitrogens with one attached hydrogen (secondary N) is 1. The fourth-order valence-corrected chi connectivity index (χ4v) is 2.41. The Morgan fingerprint density at radius 3 is 2.60 bits per heavy atom. The highest BCUT2D eigenvalue weighted by molar-refractivity contribution is 5.92. The van der Waals surface area contributed by atoms with Crippen molar-refractivity contribution >= 4 is 11.6 Å². The fraction of sp³-hybridized carbons (Fsp3) is 0.350. The molecule has 1 unspecified atom stereocenters. The highest BCUT2D eigenvalue weighted by atomic mass is 16.5. The van der Waals surface area contributed by atoms with Gasteiger partial charge in [-0.15, -0.1) is 0 Å². The smallest absolute Gasteiger partial charge is 0.226 e. The van der Waals surface area contributed by atoms with Crippen LogP contribution in [0.25, 0.3) is 0 Å². The quantitative estimate of drug-likeness (QED) is 0.775. The van der Waals surface area contributed by atoms with Crippen LogP contribution in [0.3, 0.4) is 0 Å². The van der Waals surface area contributed by atoms with Gasteiger partial charge in [0.1, 0.15) is 12.4 Å². The summed E-state index contributed by atoms with van der Waals surface area (Å²) in [5.41, 5.74) is 8.83. The second-order valence-corrected chi connectivity index (χ2v) is 6.42. The molecule has 0 radical (unpaired) electrons. The van der Waals surface area contributed by atoms with E-state index in [1.54, 1.807) is 0 Å². The molecular weight excluding hydrogens is 314 g/mol. The molecule has 134 valence electrons. The van der Waals surface area contributed by atoms with E-state index in [0.717, 1.165) is 17.7 Å². The molecule has 1 amide bonds. The van der Waals surface area contributed by atoms with Crippen LogP contribution < -0.4 is 15.8 Å². The van der Waals surface area contributed by atoms with Gasteiger partial charge in [0.2, 0.25) is 5.91 Å². The van der Waals surface area contributed by atoms with Gasteiger partial charge in [-0.05, 0) is 44.3 Å². The van der Waals surface area contributed by atoms with Crippen molar-refractivity contribution in [3.63, 3.8) is 0 Å². The van der Waals surface area contributed by atoms with Crippen LogP contribution in [0.15, 0.2) is 48.5 Å². The number of ether oxygens (including phenoxy) is 1. The van der Waals surface area contributed by atoms with Crippen molar-refractivity contribution in [2.45, 2.75) is 19.4 Å². The Morgan fingerprint density at radius 1 is 1.20 bits per heavy atom. The van der Waals surface area contributed by atoms with Crippen LogP contribution in [0.4, 0.5) is 5.69 Å². The van der Waals surface area contributed by atoms with E-state index in [0.29, 0.717) is 18.0 Å². The van der Waals surface area contributed by atoms with Gasteiger partial charge in [0.15, 0.2) is 0 Å². The SMILES string of the molecule is Cc1ccc(NC(=O)CC(N)c2ccccc2)c(OCCN(C)C)c1. The van der Waals surface area contributed by atoms with Gasteiger partial charge in [-0.25, -0.2) is 0 Å². The lowest BCUT2D eigenvalue weighted by Crippen LogP contribution is -2.22. The van der Waals surface area contributed by atoms with Gasteiger partial charge >= 0.3 is 0 Å². The minimum atomic E-state index is -0.329. The third kappa shape index (κ3) is 6.21. The van der Waals surface area contributed by atoms with E-state index in [1.165, 1.54) is 0 Å². The number of hydrogen-bond donors (Lipinski definition) is 2. The largest absolute Gasteiger partial charge is 0.490 e. The van der Waals surface area contributed by atoms with E-state index in [9.17, 15) is 4.79 Å². The van der Waals surface area contributed by atoms with Crippen LogP contribution in [0.1, 0.15) is 23.6 Å². The van der Waals surface area contributed by atoms with Crippen LogP contribution in [-0.2, 0) is 4.79 Å². The lowest BCUT2D eigenvalue weighted by atomic mass is 10.0. The Balaban J connectivity index is 1.99. The van der Waals surface area contributed by atoms with Crippen molar-refractivity contribution in [1.82, 2.24) is 4.90 Å². The van der Waals surface area contributed by atoms with Crippen molar-refractivity contribution in [1.29, 1.82) is 0 Å². The van der Waals surface area contributed by atoms with Gasteiger partial charge < -0.3 is 20.7 Å². The minimum Gasteiger partial charge on any atom is -0.490 e. The summed E-state index contributed by atoms with van der Waals surface area (Å²) in [7, 11) is 3.99. The van der Waals surface area contributed by atoms with Gasteiger partial charge in [-0.1, -0.05) is 36.4 Å². The second-order valence-electron chi connectivity index (χ2n) is 6.42. The van der Waals surface area contributed by atoms with Gasteiger partial charge in [-0.2, -0.15) is 0 Å². The van der Waals surface area contributed by atoms with Gasteiger partial charge in [-0.3, -0.25) is 4.79 Å². The molecule has 0 aliphatic carbocycles. The van der Waals surface area contributed by atoms with Crippen LogP contribution in [0.5, 0.6) is 5.75 Å². The molecule has 0 spiro atoms. The molecule has 2 aromatic carbocycles. The topological polar surface area (TPSA) is 67.6 Å². The number of hydrogen-bond acceptors (Lipinski definition) is 4. The Labute approximate surface area is 149 Å². The van der Waals surface area contributed by atoms with Crippen LogP contribution in [0.2, 0.25) is 0 Å². The predicted molar refractivity (Wildman–Crippen MR) is 102 cm³/mol. The molecule has 0 aliphatic heterocycles. The number of rotatable bonds is 8. The summed E-state index contributed by atoms with van der Waals surface area (Å²) in [6, 6.07) is 15.1. The maximum atomic E-state index is 12.4. The second kappa shape index (κ2) is 9.20. The zero-order valence-electron chi connectivity index (χ0n) is 15.2. The average Bonchev–Trinajstić information content (AvgIpc) is 2.57. The predicted octanol–water partition coefficient (Wildman–Crippen LogP) is 2.96. The summed E-state index contributed by atoms with van der Waals surface area (Å²) in [4.78, 5) is 14.4. The number of aryl methyl sites for hydroxylation is 1. The number of benzene rings is 2. The van der Waals surface area contributed by atoms with Crippen molar-refractivity contribution in [3.8, 4) is 5.75 Å². The van der Waals surface area contributed by atoms with Gasteiger partial charge in [0.25, 0.3) is 0 Å². The lowest BCUT2D eigenvalue weighted by molar-refractivity contribution is -0.116.